The van der Waals surface area contributed by atoms with Crippen LogP contribution in [0.4, 0.5) is 13.2 Å². The summed E-state index contributed by atoms with van der Waals surface area (Å²) < 4.78 is 69.1. The first-order valence-electron chi connectivity index (χ1n) is 8.88. The number of rotatable bonds is 5. The van der Waals surface area contributed by atoms with E-state index in [4.69, 9.17) is 4.74 Å². The monoisotopic (exact) mass is 468 g/mol. The highest BCUT2D eigenvalue weighted by molar-refractivity contribution is 7.89. The van der Waals surface area contributed by atoms with Gasteiger partial charge in [-0.3, -0.25) is 4.79 Å². The number of benzene rings is 2. The van der Waals surface area contributed by atoms with Crippen molar-refractivity contribution in [1.82, 2.24) is 9.71 Å². The lowest BCUT2D eigenvalue weighted by molar-refractivity contribution is -0.121. The lowest BCUT2D eigenvalue weighted by Gasteiger charge is -2.14. The van der Waals surface area contributed by atoms with Gasteiger partial charge in [0, 0.05) is 21.9 Å². The van der Waals surface area contributed by atoms with E-state index >= 15 is 0 Å². The number of hydrogen-bond acceptors (Lipinski definition) is 5. The molecule has 0 amide bonds. The van der Waals surface area contributed by atoms with Crippen LogP contribution < -0.4 is 15.0 Å². The Labute approximate surface area is 178 Å². The molecule has 0 fully saturated rings. The minimum Gasteiger partial charge on any atom is -0.496 e. The summed E-state index contributed by atoms with van der Waals surface area (Å²) in [6, 6.07) is 10.6. The van der Waals surface area contributed by atoms with Crippen molar-refractivity contribution in [2.75, 3.05) is 13.7 Å². The van der Waals surface area contributed by atoms with Crippen LogP contribution in [-0.2, 0) is 10.0 Å². The Morgan fingerprint density at radius 2 is 1.81 bits per heavy atom. The van der Waals surface area contributed by atoms with Crippen molar-refractivity contribution < 1.29 is 26.3 Å². The Balaban J connectivity index is 1.86. The lowest BCUT2D eigenvalue weighted by Crippen LogP contribution is -2.33. The van der Waals surface area contributed by atoms with Crippen LogP contribution in [0.5, 0.6) is 5.75 Å². The zero-order valence-corrected chi connectivity index (χ0v) is 17.5. The van der Waals surface area contributed by atoms with E-state index in [1.54, 1.807) is 17.5 Å². The molecule has 0 aliphatic rings. The van der Waals surface area contributed by atoms with Gasteiger partial charge in [-0.25, -0.2) is 13.1 Å². The summed E-state index contributed by atoms with van der Waals surface area (Å²) in [4.78, 5) is 14.8. The van der Waals surface area contributed by atoms with E-state index < -0.39 is 22.7 Å². The Morgan fingerprint density at radius 1 is 1.10 bits per heavy atom. The predicted octanol–water partition coefficient (Wildman–Crippen LogP) is 4.26. The first kappa shape index (κ1) is 21.3. The second-order valence-electron chi connectivity index (χ2n) is 6.65. The van der Waals surface area contributed by atoms with Gasteiger partial charge in [0.2, 0.25) is 10.0 Å². The Morgan fingerprint density at radius 3 is 2.45 bits per heavy atom. The molecule has 31 heavy (non-hydrogen) atoms. The molecule has 2 aromatic carbocycles. The molecule has 0 saturated carbocycles. The van der Waals surface area contributed by atoms with Crippen LogP contribution in [0.1, 0.15) is 0 Å². The molecule has 162 valence electrons. The highest BCUT2D eigenvalue weighted by Crippen LogP contribution is 2.40. The van der Waals surface area contributed by atoms with Crippen molar-refractivity contribution in [1.29, 1.82) is 0 Å². The summed E-state index contributed by atoms with van der Waals surface area (Å²) in [7, 11) is -2.84. The highest BCUT2D eigenvalue weighted by Gasteiger charge is 2.30. The molecule has 4 aromatic rings. The smallest absolute Gasteiger partial charge is 0.402 e. The van der Waals surface area contributed by atoms with Crippen LogP contribution in [0.2, 0.25) is 0 Å². The van der Waals surface area contributed by atoms with Gasteiger partial charge in [0.15, 0.2) is 0 Å². The normalized spacial score (nSPS) is 12.5. The standard InChI is InChI=1S/C20H15F3N2O4S2/c1-29-15-7-6-14-17(13-8-9-30-18(13)19(26)25-14)16(15)11-2-4-12(5-3-11)31(27,28)24-10-20(21,22)23/h2-9,24H,10H2,1H3,(H,25,26). The molecule has 2 aromatic heterocycles. The molecule has 0 saturated heterocycles. The second-order valence-corrected chi connectivity index (χ2v) is 9.33. The molecule has 0 unspecified atom stereocenters. The number of sulfonamides is 1. The number of aromatic nitrogens is 1. The number of H-pyrrole nitrogens is 1. The van der Waals surface area contributed by atoms with E-state index in [0.29, 0.717) is 27.1 Å². The van der Waals surface area contributed by atoms with Crippen LogP contribution in [-0.4, -0.2) is 33.2 Å². The van der Waals surface area contributed by atoms with Crippen molar-refractivity contribution in [3.8, 4) is 16.9 Å². The number of halogens is 3. The average Bonchev–Trinajstić information content (AvgIpc) is 3.22. The first-order chi connectivity index (χ1) is 14.6. The van der Waals surface area contributed by atoms with E-state index in [0.717, 1.165) is 10.8 Å². The van der Waals surface area contributed by atoms with Gasteiger partial charge >= 0.3 is 6.18 Å². The number of pyridine rings is 1. The average molecular weight is 468 g/mol. The number of thiophene rings is 1. The van der Waals surface area contributed by atoms with Gasteiger partial charge in [0.05, 0.1) is 12.0 Å². The third-order valence-corrected chi connectivity index (χ3v) is 7.02. The van der Waals surface area contributed by atoms with Gasteiger partial charge in [-0.1, -0.05) is 12.1 Å². The molecule has 0 spiro atoms. The summed E-state index contributed by atoms with van der Waals surface area (Å²) in [5.41, 5.74) is 1.57. The van der Waals surface area contributed by atoms with E-state index in [-0.39, 0.29) is 10.5 Å². The van der Waals surface area contributed by atoms with E-state index in [1.807, 2.05) is 6.07 Å². The minimum absolute atomic E-state index is 0.217. The topological polar surface area (TPSA) is 88.3 Å². The van der Waals surface area contributed by atoms with Crippen molar-refractivity contribution >= 4 is 42.3 Å². The molecular formula is C20H15F3N2O4S2. The summed E-state index contributed by atoms with van der Waals surface area (Å²) in [6.45, 7) is -1.66. The highest BCUT2D eigenvalue weighted by atomic mass is 32.2. The molecule has 4 rings (SSSR count). The zero-order chi connectivity index (χ0) is 22.4. The van der Waals surface area contributed by atoms with Crippen molar-refractivity contribution in [2.45, 2.75) is 11.1 Å². The quantitative estimate of drug-likeness (QED) is 0.458. The summed E-state index contributed by atoms with van der Waals surface area (Å²) in [5.74, 6) is 0.498. The SMILES string of the molecule is COc1ccc2[nH]c(=O)c3sccc3c2c1-c1ccc(S(=O)(=O)NCC(F)(F)F)cc1. The zero-order valence-electron chi connectivity index (χ0n) is 15.9. The predicted molar refractivity (Wildman–Crippen MR) is 113 cm³/mol. The number of aromatic amines is 1. The van der Waals surface area contributed by atoms with Gasteiger partial charge in [-0.15, -0.1) is 11.3 Å². The van der Waals surface area contributed by atoms with Crippen molar-refractivity contribution in [2.24, 2.45) is 0 Å². The summed E-state index contributed by atoms with van der Waals surface area (Å²) >= 11 is 1.30. The number of ether oxygens (including phenoxy) is 1. The summed E-state index contributed by atoms with van der Waals surface area (Å²) in [6.07, 6.45) is -4.66. The maximum absolute atomic E-state index is 12.4. The summed E-state index contributed by atoms with van der Waals surface area (Å²) in [5, 5.41) is 3.24. The fourth-order valence-electron chi connectivity index (χ4n) is 3.35. The third-order valence-electron chi connectivity index (χ3n) is 4.69. The Kier molecular flexibility index (Phi) is 5.28. The number of methoxy groups -OCH3 is 1. The van der Waals surface area contributed by atoms with E-state index in [9.17, 15) is 26.4 Å². The minimum atomic E-state index is -4.66. The Hall–Kier alpha value is -2.89. The third kappa shape index (κ3) is 4.03. The number of hydrogen-bond donors (Lipinski definition) is 2. The van der Waals surface area contributed by atoms with E-state index in [1.165, 1.54) is 47.4 Å². The Bertz CT molecular complexity index is 1440. The molecule has 6 nitrogen and oxygen atoms in total. The first-order valence-corrected chi connectivity index (χ1v) is 11.2. The van der Waals surface area contributed by atoms with Gasteiger partial charge in [0.25, 0.3) is 5.56 Å². The maximum atomic E-state index is 12.4. The van der Waals surface area contributed by atoms with Crippen molar-refractivity contribution in [3.05, 3.63) is 58.2 Å². The fraction of sp³-hybridized carbons (Fsp3) is 0.150. The van der Waals surface area contributed by atoms with Crippen molar-refractivity contribution in [3.63, 3.8) is 0 Å². The van der Waals surface area contributed by atoms with Crippen LogP contribution >= 0.6 is 11.3 Å². The molecular weight excluding hydrogens is 453 g/mol. The molecule has 0 atom stereocenters. The fourth-order valence-corrected chi connectivity index (χ4v) is 5.16. The number of alkyl halides is 3. The van der Waals surface area contributed by atoms with Crippen LogP contribution in [0.25, 0.3) is 32.1 Å². The van der Waals surface area contributed by atoms with Crippen LogP contribution in [0.15, 0.2) is 57.5 Å². The van der Waals surface area contributed by atoms with Gasteiger partial charge in [-0.2, -0.15) is 13.2 Å². The molecule has 0 aliphatic carbocycles. The van der Waals surface area contributed by atoms with Crippen LogP contribution in [0, 0.1) is 0 Å². The lowest BCUT2D eigenvalue weighted by atomic mass is 9.97. The molecule has 2 heterocycles. The maximum Gasteiger partial charge on any atom is 0.402 e. The second kappa shape index (κ2) is 7.66. The molecule has 0 bridgehead atoms. The van der Waals surface area contributed by atoms with Gasteiger partial charge in [-0.05, 0) is 41.3 Å². The van der Waals surface area contributed by atoms with Gasteiger partial charge < -0.3 is 9.72 Å². The molecule has 0 aliphatic heterocycles. The molecule has 11 heteroatoms. The van der Waals surface area contributed by atoms with E-state index in [2.05, 4.69) is 4.98 Å². The molecule has 0 radical (unpaired) electrons. The largest absolute Gasteiger partial charge is 0.496 e. The van der Waals surface area contributed by atoms with Crippen LogP contribution in [0.3, 0.4) is 0 Å². The molecule has 2 N–H and O–H groups in total. The van der Waals surface area contributed by atoms with Gasteiger partial charge in [0.1, 0.15) is 17.0 Å². The number of nitrogens with one attached hydrogen (secondary N) is 2. The number of fused-ring (bicyclic) bond motifs is 3.